The predicted molar refractivity (Wildman–Crippen MR) is 124 cm³/mol. The summed E-state index contributed by atoms with van der Waals surface area (Å²) in [5.74, 6) is 0.732. The first-order valence-electron chi connectivity index (χ1n) is 11.1. The van der Waals surface area contributed by atoms with Gasteiger partial charge in [0.05, 0.1) is 0 Å². The molecule has 0 aromatic heterocycles. The molecule has 0 radical (unpaired) electrons. The van der Waals surface area contributed by atoms with E-state index >= 15 is 0 Å². The van der Waals surface area contributed by atoms with Crippen molar-refractivity contribution in [1.29, 1.82) is 0 Å². The summed E-state index contributed by atoms with van der Waals surface area (Å²) in [6.45, 7) is 3.03. The summed E-state index contributed by atoms with van der Waals surface area (Å²) < 4.78 is 5.89. The van der Waals surface area contributed by atoms with Crippen molar-refractivity contribution in [3.05, 3.63) is 102 Å². The number of nitrogens with zero attached hydrogens (tertiary/aromatic N) is 1. The maximum absolute atomic E-state index is 12.5. The van der Waals surface area contributed by atoms with Crippen LogP contribution in [0, 0.1) is 0 Å². The van der Waals surface area contributed by atoms with Crippen LogP contribution in [0.15, 0.2) is 84.9 Å². The van der Waals surface area contributed by atoms with E-state index in [0.29, 0.717) is 0 Å². The van der Waals surface area contributed by atoms with Crippen LogP contribution >= 0.6 is 0 Å². The van der Waals surface area contributed by atoms with Crippen LogP contribution in [0.4, 0.5) is 0 Å². The molecule has 1 aliphatic rings. The van der Waals surface area contributed by atoms with Crippen LogP contribution in [0.1, 0.15) is 29.5 Å². The molecule has 4 nitrogen and oxygen atoms in total. The number of amides is 1. The summed E-state index contributed by atoms with van der Waals surface area (Å²) in [4.78, 5) is 14.9. The molecule has 1 aliphatic heterocycles. The Kier molecular flexibility index (Phi) is 7.35. The van der Waals surface area contributed by atoms with E-state index in [4.69, 9.17) is 4.74 Å². The molecule has 1 N–H and O–H groups in total. The average Bonchev–Trinajstić information content (AvgIpc) is 2.81. The summed E-state index contributed by atoms with van der Waals surface area (Å²) in [7, 11) is 0. The number of ether oxygens (including phenoxy) is 1. The highest BCUT2D eigenvalue weighted by Gasteiger charge is 2.21. The largest absolute Gasteiger partial charge is 0.483 e. The number of carbonyl (C=O) groups excluding carboxylic acids is 1. The minimum Gasteiger partial charge on any atom is -0.483 e. The third-order valence-electron chi connectivity index (χ3n) is 5.77. The Morgan fingerprint density at radius 1 is 0.839 bits per heavy atom. The molecule has 31 heavy (non-hydrogen) atoms. The number of piperidine rings is 1. The fourth-order valence-corrected chi connectivity index (χ4v) is 4.10. The standard InChI is InChI=1S/C27H30N2O2/c30-27(28-25-15-17-29(18-16-25)20-23-11-5-2-6-12-23)21-31-26-14-8-7-13-24(26)19-22-9-3-1-4-10-22/h1-14,25H,15-21H2,(H,28,30). The lowest BCUT2D eigenvalue weighted by Crippen LogP contribution is -2.45. The van der Waals surface area contributed by atoms with Gasteiger partial charge in [0.1, 0.15) is 5.75 Å². The molecule has 3 aromatic carbocycles. The normalized spacial score (nSPS) is 14.8. The van der Waals surface area contributed by atoms with Crippen LogP contribution in [0.3, 0.4) is 0 Å². The van der Waals surface area contributed by atoms with E-state index in [1.54, 1.807) is 0 Å². The molecule has 0 spiro atoms. The SMILES string of the molecule is O=C(COc1ccccc1Cc1ccccc1)NC1CCN(Cc2ccccc2)CC1. The van der Waals surface area contributed by atoms with Gasteiger partial charge >= 0.3 is 0 Å². The van der Waals surface area contributed by atoms with E-state index in [1.807, 2.05) is 42.5 Å². The van der Waals surface area contributed by atoms with E-state index in [1.165, 1.54) is 11.1 Å². The quantitative estimate of drug-likeness (QED) is 0.593. The van der Waals surface area contributed by atoms with Crippen LogP contribution < -0.4 is 10.1 Å². The molecule has 0 bridgehead atoms. The number of nitrogens with one attached hydrogen (secondary N) is 1. The summed E-state index contributed by atoms with van der Waals surface area (Å²) in [6, 6.07) is 29.0. The number of para-hydroxylation sites is 1. The number of rotatable bonds is 8. The first kappa shape index (κ1) is 21.1. The number of likely N-dealkylation sites (tertiary alicyclic amines) is 1. The Balaban J connectivity index is 1.22. The van der Waals surface area contributed by atoms with Gasteiger partial charge in [-0.15, -0.1) is 0 Å². The van der Waals surface area contributed by atoms with Crippen molar-refractivity contribution in [2.45, 2.75) is 31.8 Å². The van der Waals surface area contributed by atoms with E-state index in [2.05, 4.69) is 52.7 Å². The monoisotopic (exact) mass is 414 g/mol. The molecular weight excluding hydrogens is 384 g/mol. The second-order valence-corrected chi connectivity index (χ2v) is 8.16. The maximum Gasteiger partial charge on any atom is 0.258 e. The zero-order chi connectivity index (χ0) is 21.3. The van der Waals surface area contributed by atoms with Crippen LogP contribution in [-0.2, 0) is 17.8 Å². The van der Waals surface area contributed by atoms with Crippen LogP contribution in [-0.4, -0.2) is 36.5 Å². The highest BCUT2D eigenvalue weighted by atomic mass is 16.5. The van der Waals surface area contributed by atoms with Crippen molar-refractivity contribution in [1.82, 2.24) is 10.2 Å². The lowest BCUT2D eigenvalue weighted by molar-refractivity contribution is -0.124. The zero-order valence-corrected chi connectivity index (χ0v) is 17.9. The average molecular weight is 415 g/mol. The molecule has 160 valence electrons. The smallest absolute Gasteiger partial charge is 0.258 e. The Labute approximate surface area is 184 Å². The Bertz CT molecular complexity index is 951. The number of benzene rings is 3. The van der Waals surface area contributed by atoms with Gasteiger partial charge in [-0.05, 0) is 35.6 Å². The molecule has 4 heteroatoms. The first-order chi connectivity index (χ1) is 15.3. The van der Waals surface area contributed by atoms with Crippen molar-refractivity contribution in [2.24, 2.45) is 0 Å². The van der Waals surface area contributed by atoms with E-state index < -0.39 is 0 Å². The summed E-state index contributed by atoms with van der Waals surface area (Å²) in [5.41, 5.74) is 3.66. The predicted octanol–water partition coefficient (Wildman–Crippen LogP) is 4.44. The van der Waals surface area contributed by atoms with Gasteiger partial charge in [0.2, 0.25) is 0 Å². The number of hydrogen-bond acceptors (Lipinski definition) is 3. The Morgan fingerprint density at radius 2 is 1.45 bits per heavy atom. The fourth-order valence-electron chi connectivity index (χ4n) is 4.10. The van der Waals surface area contributed by atoms with Crippen LogP contribution in [0.5, 0.6) is 5.75 Å². The summed E-state index contributed by atoms with van der Waals surface area (Å²) in [6.07, 6.45) is 2.74. The van der Waals surface area contributed by atoms with Crippen molar-refractivity contribution in [2.75, 3.05) is 19.7 Å². The molecule has 0 atom stereocenters. The van der Waals surface area contributed by atoms with Gasteiger partial charge in [-0.1, -0.05) is 78.9 Å². The van der Waals surface area contributed by atoms with E-state index in [9.17, 15) is 4.79 Å². The lowest BCUT2D eigenvalue weighted by atomic mass is 10.0. The van der Waals surface area contributed by atoms with Crippen molar-refractivity contribution >= 4 is 5.91 Å². The molecule has 0 aliphatic carbocycles. The molecule has 1 amide bonds. The molecular formula is C27H30N2O2. The van der Waals surface area contributed by atoms with Crippen molar-refractivity contribution in [3.8, 4) is 5.75 Å². The molecule has 0 unspecified atom stereocenters. The second-order valence-electron chi connectivity index (χ2n) is 8.16. The minimum absolute atomic E-state index is 0.0453. The molecule has 4 rings (SSSR count). The maximum atomic E-state index is 12.5. The Morgan fingerprint density at radius 3 is 2.16 bits per heavy atom. The summed E-state index contributed by atoms with van der Waals surface area (Å²) >= 11 is 0. The summed E-state index contributed by atoms with van der Waals surface area (Å²) in [5, 5.41) is 3.15. The number of carbonyl (C=O) groups is 1. The van der Waals surface area contributed by atoms with Crippen LogP contribution in [0.2, 0.25) is 0 Å². The molecule has 1 fully saturated rings. The van der Waals surface area contributed by atoms with Gasteiger partial charge in [-0.3, -0.25) is 9.69 Å². The lowest BCUT2D eigenvalue weighted by Gasteiger charge is -2.32. The van der Waals surface area contributed by atoms with Gasteiger partial charge in [0.15, 0.2) is 6.61 Å². The second kappa shape index (κ2) is 10.8. The molecule has 3 aromatic rings. The Hall–Kier alpha value is -3.11. The van der Waals surface area contributed by atoms with Crippen molar-refractivity contribution in [3.63, 3.8) is 0 Å². The van der Waals surface area contributed by atoms with Crippen LogP contribution in [0.25, 0.3) is 0 Å². The van der Waals surface area contributed by atoms with Crippen molar-refractivity contribution < 1.29 is 9.53 Å². The highest BCUT2D eigenvalue weighted by Crippen LogP contribution is 2.21. The molecule has 1 saturated heterocycles. The minimum atomic E-state index is -0.0453. The third-order valence-corrected chi connectivity index (χ3v) is 5.77. The van der Waals surface area contributed by atoms with Gasteiger partial charge < -0.3 is 10.1 Å². The first-order valence-corrected chi connectivity index (χ1v) is 11.1. The van der Waals surface area contributed by atoms with Gasteiger partial charge in [0, 0.05) is 32.1 Å². The zero-order valence-electron chi connectivity index (χ0n) is 17.9. The molecule has 1 heterocycles. The topological polar surface area (TPSA) is 41.6 Å². The number of hydrogen-bond donors (Lipinski definition) is 1. The molecule has 0 saturated carbocycles. The van der Waals surface area contributed by atoms with E-state index in [0.717, 1.165) is 50.2 Å². The highest BCUT2D eigenvalue weighted by molar-refractivity contribution is 5.77. The fraction of sp³-hybridized carbons (Fsp3) is 0.296. The van der Waals surface area contributed by atoms with E-state index in [-0.39, 0.29) is 18.6 Å². The third kappa shape index (κ3) is 6.43. The van der Waals surface area contributed by atoms with Gasteiger partial charge in [-0.25, -0.2) is 0 Å². The van der Waals surface area contributed by atoms with Gasteiger partial charge in [0.25, 0.3) is 5.91 Å². The van der Waals surface area contributed by atoms with Gasteiger partial charge in [-0.2, -0.15) is 0 Å².